The molecule has 2 atom stereocenters. The Morgan fingerprint density at radius 3 is 2.73 bits per heavy atom. The van der Waals surface area contributed by atoms with Gasteiger partial charge in [-0.3, -0.25) is 9.88 Å². The number of hydrogen-bond acceptors (Lipinski definition) is 4. The first-order valence-electron chi connectivity index (χ1n) is 9.16. The van der Waals surface area contributed by atoms with Crippen molar-refractivity contribution in [2.24, 2.45) is 0 Å². The van der Waals surface area contributed by atoms with Crippen LogP contribution >= 0.6 is 12.2 Å². The van der Waals surface area contributed by atoms with Crippen molar-refractivity contribution in [2.45, 2.75) is 19.0 Å². The molecule has 0 bridgehead atoms. The molecule has 0 saturated carbocycles. The van der Waals surface area contributed by atoms with E-state index in [2.05, 4.69) is 50.2 Å². The molecule has 138 valence electrons. The number of ether oxygens (including phenoxy) is 1. The fourth-order valence-electron chi connectivity index (χ4n) is 3.76. The molecule has 0 aliphatic carbocycles. The van der Waals surface area contributed by atoms with Crippen LogP contribution in [0.5, 0.6) is 0 Å². The summed E-state index contributed by atoms with van der Waals surface area (Å²) >= 11 is 5.70. The Balaban J connectivity index is 1.57. The molecule has 2 aromatic rings. The molecule has 0 amide bonds. The van der Waals surface area contributed by atoms with Gasteiger partial charge < -0.3 is 19.9 Å². The molecule has 2 fully saturated rings. The second-order valence-corrected chi connectivity index (χ2v) is 7.26. The number of aryl methyl sites for hydroxylation is 1. The van der Waals surface area contributed by atoms with Crippen LogP contribution in [-0.2, 0) is 4.74 Å². The van der Waals surface area contributed by atoms with E-state index >= 15 is 0 Å². The maximum Gasteiger partial charge on any atom is 0.170 e. The molecule has 2 aliphatic heterocycles. The van der Waals surface area contributed by atoms with Crippen LogP contribution < -0.4 is 5.32 Å². The van der Waals surface area contributed by atoms with Crippen LogP contribution in [0.3, 0.4) is 0 Å². The lowest BCUT2D eigenvalue weighted by molar-refractivity contribution is 0.0350. The van der Waals surface area contributed by atoms with Crippen LogP contribution in [0, 0.1) is 6.92 Å². The molecular weight excluding hydrogens is 346 g/mol. The zero-order chi connectivity index (χ0) is 17.9. The van der Waals surface area contributed by atoms with E-state index in [0.717, 1.165) is 55.9 Å². The lowest BCUT2D eigenvalue weighted by Crippen LogP contribution is -2.42. The minimum atomic E-state index is 0.0476. The third-order valence-corrected chi connectivity index (χ3v) is 5.48. The maximum atomic E-state index is 5.70. The van der Waals surface area contributed by atoms with Crippen LogP contribution in [0.1, 0.15) is 29.2 Å². The van der Waals surface area contributed by atoms with Crippen LogP contribution in [0.2, 0.25) is 0 Å². The van der Waals surface area contributed by atoms with Crippen LogP contribution in [-0.4, -0.2) is 64.3 Å². The van der Waals surface area contributed by atoms with E-state index in [0.29, 0.717) is 0 Å². The lowest BCUT2D eigenvalue weighted by Gasteiger charge is -2.31. The highest BCUT2D eigenvalue weighted by molar-refractivity contribution is 7.80. The number of rotatable bonds is 5. The number of thiocarbonyl (C=S) groups is 1. The Kier molecular flexibility index (Phi) is 5.19. The first-order valence-corrected chi connectivity index (χ1v) is 9.57. The number of H-pyrrole nitrogens is 1. The maximum absolute atomic E-state index is 5.70. The van der Waals surface area contributed by atoms with Gasteiger partial charge in [0.05, 0.1) is 31.0 Å². The van der Waals surface area contributed by atoms with Crippen molar-refractivity contribution in [3.63, 3.8) is 0 Å². The summed E-state index contributed by atoms with van der Waals surface area (Å²) in [5, 5.41) is 4.29. The van der Waals surface area contributed by atoms with Crippen molar-refractivity contribution in [3.05, 3.63) is 53.6 Å². The molecule has 2 aromatic heterocycles. The topological polar surface area (TPSA) is 56.4 Å². The van der Waals surface area contributed by atoms with Gasteiger partial charge in [-0.15, -0.1) is 0 Å². The zero-order valence-corrected chi connectivity index (χ0v) is 15.8. The average Bonchev–Trinajstić information content (AvgIpc) is 3.24. The van der Waals surface area contributed by atoms with E-state index in [4.69, 9.17) is 17.0 Å². The Hall–Kier alpha value is -1.96. The number of nitrogens with zero attached hydrogens (tertiary/aromatic N) is 3. The predicted octanol–water partition coefficient (Wildman–Crippen LogP) is 2.02. The number of aromatic amines is 1. The van der Waals surface area contributed by atoms with E-state index in [9.17, 15) is 0 Å². The van der Waals surface area contributed by atoms with Gasteiger partial charge >= 0.3 is 0 Å². The molecular formula is C19H25N5OS. The van der Waals surface area contributed by atoms with Gasteiger partial charge in [0.15, 0.2) is 5.11 Å². The second-order valence-electron chi connectivity index (χ2n) is 6.87. The van der Waals surface area contributed by atoms with Crippen LogP contribution in [0.15, 0.2) is 36.5 Å². The van der Waals surface area contributed by atoms with E-state index in [-0.39, 0.29) is 12.1 Å². The van der Waals surface area contributed by atoms with Gasteiger partial charge in [-0.1, -0.05) is 6.07 Å². The molecule has 6 nitrogen and oxygen atoms in total. The SMILES string of the molecule is Cc1ccc(C2C(c3ccccn3)NC(=S)N2CCN2CCOCC2)[nH]1. The molecule has 0 spiro atoms. The standard InChI is InChI=1S/C19H25N5OS/c1-14-5-6-16(21-14)18-17(15-4-2-3-7-20-15)22-19(26)24(18)9-8-23-10-12-25-13-11-23/h2-7,17-18,21H,8-13H2,1H3,(H,22,26). The quantitative estimate of drug-likeness (QED) is 0.785. The van der Waals surface area contributed by atoms with Crippen LogP contribution in [0.4, 0.5) is 0 Å². The van der Waals surface area contributed by atoms with Gasteiger partial charge in [-0.05, 0) is 43.4 Å². The highest BCUT2D eigenvalue weighted by Gasteiger charge is 2.40. The molecule has 4 rings (SSSR count). The van der Waals surface area contributed by atoms with Gasteiger partial charge in [-0.2, -0.15) is 0 Å². The number of aromatic nitrogens is 2. The number of hydrogen-bond donors (Lipinski definition) is 2. The van der Waals surface area contributed by atoms with Crippen molar-refractivity contribution < 1.29 is 4.74 Å². The van der Waals surface area contributed by atoms with E-state index in [1.54, 1.807) is 0 Å². The van der Waals surface area contributed by atoms with Gasteiger partial charge in [-0.25, -0.2) is 0 Å². The minimum Gasteiger partial charge on any atom is -0.379 e. The molecule has 2 aliphatic rings. The monoisotopic (exact) mass is 371 g/mol. The van der Waals surface area contributed by atoms with Crippen molar-refractivity contribution in [1.29, 1.82) is 0 Å². The summed E-state index contributed by atoms with van der Waals surface area (Å²) in [6, 6.07) is 10.5. The molecule has 2 N–H and O–H groups in total. The molecule has 26 heavy (non-hydrogen) atoms. The third-order valence-electron chi connectivity index (χ3n) is 5.13. The highest BCUT2D eigenvalue weighted by atomic mass is 32.1. The smallest absolute Gasteiger partial charge is 0.170 e. The molecule has 0 aromatic carbocycles. The van der Waals surface area contributed by atoms with Gasteiger partial charge in [0.2, 0.25) is 0 Å². The predicted molar refractivity (Wildman–Crippen MR) is 105 cm³/mol. The number of nitrogens with one attached hydrogen (secondary N) is 2. The number of morpholine rings is 1. The summed E-state index contributed by atoms with van der Waals surface area (Å²) in [6.45, 7) is 7.57. The van der Waals surface area contributed by atoms with Crippen molar-refractivity contribution in [1.82, 2.24) is 25.1 Å². The molecule has 4 heterocycles. The third kappa shape index (κ3) is 3.60. The summed E-state index contributed by atoms with van der Waals surface area (Å²) in [6.07, 6.45) is 1.84. The van der Waals surface area contributed by atoms with Gasteiger partial charge in [0, 0.05) is 43.8 Å². The summed E-state index contributed by atoms with van der Waals surface area (Å²) in [4.78, 5) is 12.8. The molecule has 0 radical (unpaired) electrons. The van der Waals surface area contributed by atoms with E-state index in [1.165, 1.54) is 5.69 Å². The van der Waals surface area contributed by atoms with Crippen molar-refractivity contribution >= 4 is 17.3 Å². The normalized spacial score (nSPS) is 24.0. The minimum absolute atomic E-state index is 0.0476. The molecule has 7 heteroatoms. The fraction of sp³-hybridized carbons (Fsp3) is 0.474. The highest BCUT2D eigenvalue weighted by Crippen LogP contribution is 2.37. The van der Waals surface area contributed by atoms with Crippen molar-refractivity contribution in [2.75, 3.05) is 39.4 Å². The molecule has 2 saturated heterocycles. The second kappa shape index (κ2) is 7.73. The summed E-state index contributed by atoms with van der Waals surface area (Å²) < 4.78 is 5.45. The van der Waals surface area contributed by atoms with E-state index < -0.39 is 0 Å². The largest absolute Gasteiger partial charge is 0.379 e. The lowest BCUT2D eigenvalue weighted by atomic mass is 10.0. The summed E-state index contributed by atoms with van der Waals surface area (Å²) in [7, 11) is 0. The Bertz CT molecular complexity index is 743. The average molecular weight is 372 g/mol. The van der Waals surface area contributed by atoms with Crippen molar-refractivity contribution in [3.8, 4) is 0 Å². The van der Waals surface area contributed by atoms with Crippen LogP contribution in [0.25, 0.3) is 0 Å². The molecule has 2 unspecified atom stereocenters. The van der Waals surface area contributed by atoms with Gasteiger partial charge in [0.25, 0.3) is 0 Å². The first kappa shape index (κ1) is 17.5. The Labute approximate surface area is 159 Å². The number of pyridine rings is 1. The first-order chi connectivity index (χ1) is 12.7. The summed E-state index contributed by atoms with van der Waals surface area (Å²) in [5.74, 6) is 0. The Morgan fingerprint density at radius 1 is 1.19 bits per heavy atom. The Morgan fingerprint density at radius 2 is 2.04 bits per heavy atom. The zero-order valence-electron chi connectivity index (χ0n) is 15.0. The fourth-order valence-corrected chi connectivity index (χ4v) is 4.09. The van der Waals surface area contributed by atoms with Gasteiger partial charge in [0.1, 0.15) is 0 Å². The van der Waals surface area contributed by atoms with E-state index in [1.807, 2.05) is 18.3 Å². The summed E-state index contributed by atoms with van der Waals surface area (Å²) in [5.41, 5.74) is 3.35.